The Bertz CT molecular complexity index is 1010. The highest BCUT2D eigenvalue weighted by Crippen LogP contribution is 2.23. The Morgan fingerprint density at radius 3 is 2.48 bits per heavy atom. The van der Waals surface area contributed by atoms with E-state index >= 15 is 0 Å². The minimum Gasteiger partial charge on any atom is -0.486 e. The largest absolute Gasteiger partial charge is 0.486 e. The Kier molecular flexibility index (Phi) is 6.21. The summed E-state index contributed by atoms with van der Waals surface area (Å²) >= 11 is 0. The summed E-state index contributed by atoms with van der Waals surface area (Å²) in [6, 6.07) is 17.7. The van der Waals surface area contributed by atoms with Crippen LogP contribution in [0.4, 0.5) is 11.4 Å². The molecule has 3 aromatic rings. The van der Waals surface area contributed by atoms with E-state index in [1.165, 1.54) is 30.3 Å². The lowest BCUT2D eigenvalue weighted by molar-refractivity contribution is -0.383. The molecule has 1 N–H and O–H groups in total. The molecule has 0 radical (unpaired) electrons. The van der Waals surface area contributed by atoms with Crippen LogP contribution in [0.2, 0.25) is 0 Å². The van der Waals surface area contributed by atoms with Gasteiger partial charge in [-0.1, -0.05) is 30.3 Å². The van der Waals surface area contributed by atoms with Crippen LogP contribution in [0.3, 0.4) is 0 Å². The second-order valence-electron chi connectivity index (χ2n) is 5.77. The fraction of sp³-hybridized carbons (Fsp3) is 0.100. The van der Waals surface area contributed by atoms with E-state index < -0.39 is 23.4 Å². The Morgan fingerprint density at radius 2 is 1.72 bits per heavy atom. The molecule has 9 nitrogen and oxygen atoms in total. The predicted molar refractivity (Wildman–Crippen MR) is 101 cm³/mol. The van der Waals surface area contributed by atoms with Gasteiger partial charge in [-0.3, -0.25) is 14.9 Å². The van der Waals surface area contributed by atoms with Gasteiger partial charge >= 0.3 is 5.97 Å². The zero-order valence-corrected chi connectivity index (χ0v) is 15.1. The Labute approximate surface area is 165 Å². The molecule has 1 amide bonds. The number of furan rings is 1. The third kappa shape index (κ3) is 5.42. The van der Waals surface area contributed by atoms with Crippen molar-refractivity contribution in [3.63, 3.8) is 0 Å². The zero-order chi connectivity index (χ0) is 20.6. The number of rotatable bonds is 8. The molecule has 3 rings (SSSR count). The number of benzene rings is 2. The number of nitrogens with one attached hydrogen (secondary N) is 1. The number of nitrogens with zero attached hydrogens (tertiary/aromatic N) is 1. The minimum absolute atomic E-state index is 0.0110. The Hall–Kier alpha value is -4.14. The van der Waals surface area contributed by atoms with Gasteiger partial charge in [-0.25, -0.2) is 4.79 Å². The molecule has 0 aliphatic carbocycles. The lowest BCUT2D eigenvalue weighted by atomic mass is 10.2. The number of hydrogen-bond acceptors (Lipinski definition) is 7. The molecule has 0 bridgehead atoms. The van der Waals surface area contributed by atoms with Crippen molar-refractivity contribution >= 4 is 23.3 Å². The number of ether oxygens (including phenoxy) is 2. The molecule has 0 aliphatic rings. The first-order valence-electron chi connectivity index (χ1n) is 8.50. The van der Waals surface area contributed by atoms with E-state index in [1.54, 1.807) is 18.2 Å². The van der Waals surface area contributed by atoms with Crippen LogP contribution in [-0.4, -0.2) is 23.4 Å². The SMILES string of the molecule is O=C(COC(=O)c1ccc(COc2ccccc2)o1)Nc1ccccc1[N+](=O)[O-]. The Balaban J connectivity index is 1.50. The maximum absolute atomic E-state index is 12.0. The molecule has 9 heteroatoms. The summed E-state index contributed by atoms with van der Waals surface area (Å²) < 4.78 is 15.7. The average Bonchev–Trinajstić information content (AvgIpc) is 3.21. The number of carbonyl (C=O) groups is 2. The molecule has 0 saturated carbocycles. The van der Waals surface area contributed by atoms with Crippen molar-refractivity contribution in [2.45, 2.75) is 6.61 Å². The van der Waals surface area contributed by atoms with Crippen LogP contribution in [0, 0.1) is 10.1 Å². The van der Waals surface area contributed by atoms with Crippen LogP contribution in [-0.2, 0) is 16.1 Å². The van der Waals surface area contributed by atoms with Crippen LogP contribution in [0.25, 0.3) is 0 Å². The van der Waals surface area contributed by atoms with E-state index in [-0.39, 0.29) is 23.7 Å². The third-order valence-electron chi connectivity index (χ3n) is 3.70. The molecule has 0 aliphatic heterocycles. The molecule has 0 fully saturated rings. The second-order valence-corrected chi connectivity index (χ2v) is 5.77. The van der Waals surface area contributed by atoms with Crippen LogP contribution < -0.4 is 10.1 Å². The lowest BCUT2D eigenvalue weighted by Crippen LogP contribution is -2.21. The van der Waals surface area contributed by atoms with Gasteiger partial charge in [0.05, 0.1) is 4.92 Å². The van der Waals surface area contributed by atoms with Gasteiger partial charge in [-0.2, -0.15) is 0 Å². The highest BCUT2D eigenvalue weighted by atomic mass is 16.6. The van der Waals surface area contributed by atoms with Crippen LogP contribution in [0.15, 0.2) is 71.1 Å². The van der Waals surface area contributed by atoms with Crippen molar-refractivity contribution in [1.29, 1.82) is 0 Å². The molecule has 0 atom stereocenters. The molecular formula is C20H16N2O7. The average molecular weight is 396 g/mol. The lowest BCUT2D eigenvalue weighted by Gasteiger charge is -2.06. The summed E-state index contributed by atoms with van der Waals surface area (Å²) in [7, 11) is 0. The number of hydrogen-bond donors (Lipinski definition) is 1. The fourth-order valence-corrected chi connectivity index (χ4v) is 2.36. The minimum atomic E-state index is -0.839. The van der Waals surface area contributed by atoms with Crippen LogP contribution in [0.5, 0.6) is 5.75 Å². The number of esters is 1. The van der Waals surface area contributed by atoms with Crippen molar-refractivity contribution in [1.82, 2.24) is 0 Å². The number of nitro benzene ring substituents is 1. The highest BCUT2D eigenvalue weighted by molar-refractivity contribution is 5.96. The highest BCUT2D eigenvalue weighted by Gasteiger charge is 2.18. The van der Waals surface area contributed by atoms with Gasteiger partial charge in [0.25, 0.3) is 11.6 Å². The first-order chi connectivity index (χ1) is 14.0. The van der Waals surface area contributed by atoms with Gasteiger partial charge in [0.15, 0.2) is 6.61 Å². The van der Waals surface area contributed by atoms with E-state index in [9.17, 15) is 19.7 Å². The first-order valence-corrected chi connectivity index (χ1v) is 8.50. The molecule has 1 heterocycles. The van der Waals surface area contributed by atoms with Crippen LogP contribution in [0.1, 0.15) is 16.3 Å². The molecule has 29 heavy (non-hydrogen) atoms. The van der Waals surface area contributed by atoms with Gasteiger partial charge in [-0.05, 0) is 30.3 Å². The summed E-state index contributed by atoms with van der Waals surface area (Å²) in [6.45, 7) is -0.503. The molecular weight excluding hydrogens is 380 g/mol. The van der Waals surface area contributed by atoms with Crippen molar-refractivity contribution in [2.75, 3.05) is 11.9 Å². The molecule has 0 saturated heterocycles. The summed E-state index contributed by atoms with van der Waals surface area (Å²) in [5, 5.41) is 13.3. The molecule has 1 aromatic heterocycles. The summed E-state index contributed by atoms with van der Waals surface area (Å²) in [5.41, 5.74) is -0.252. The number of para-hydroxylation sites is 3. The van der Waals surface area contributed by atoms with E-state index in [0.717, 1.165) is 0 Å². The Morgan fingerprint density at radius 1 is 1.00 bits per heavy atom. The molecule has 2 aromatic carbocycles. The predicted octanol–water partition coefficient (Wildman–Crippen LogP) is 3.56. The van der Waals surface area contributed by atoms with Gasteiger partial charge in [-0.15, -0.1) is 0 Å². The van der Waals surface area contributed by atoms with Crippen molar-refractivity contribution < 1.29 is 28.4 Å². The van der Waals surface area contributed by atoms with E-state index in [4.69, 9.17) is 13.9 Å². The number of amides is 1. The standard InChI is InChI=1S/C20H16N2O7/c23-19(21-16-8-4-5-9-17(16)22(25)26)13-28-20(24)18-11-10-15(29-18)12-27-14-6-2-1-3-7-14/h1-11H,12-13H2,(H,21,23). The maximum Gasteiger partial charge on any atom is 0.374 e. The van der Waals surface area contributed by atoms with E-state index in [2.05, 4.69) is 5.32 Å². The third-order valence-corrected chi connectivity index (χ3v) is 3.70. The summed E-state index contributed by atoms with van der Waals surface area (Å²) in [5.74, 6) is -0.583. The summed E-state index contributed by atoms with van der Waals surface area (Å²) in [4.78, 5) is 34.3. The van der Waals surface area contributed by atoms with Gasteiger partial charge in [0.1, 0.15) is 23.8 Å². The van der Waals surface area contributed by atoms with Gasteiger partial charge in [0.2, 0.25) is 5.76 Å². The number of anilines is 1. The maximum atomic E-state index is 12.0. The quantitative estimate of drug-likeness (QED) is 0.351. The van der Waals surface area contributed by atoms with E-state index in [1.807, 2.05) is 18.2 Å². The normalized spacial score (nSPS) is 10.2. The molecule has 148 valence electrons. The topological polar surface area (TPSA) is 121 Å². The van der Waals surface area contributed by atoms with Gasteiger partial charge in [0, 0.05) is 6.07 Å². The monoisotopic (exact) mass is 396 g/mol. The second kappa shape index (κ2) is 9.18. The van der Waals surface area contributed by atoms with Crippen molar-refractivity contribution in [3.05, 3.63) is 88.4 Å². The smallest absolute Gasteiger partial charge is 0.374 e. The first kappa shape index (κ1) is 19.6. The van der Waals surface area contributed by atoms with E-state index in [0.29, 0.717) is 11.5 Å². The zero-order valence-electron chi connectivity index (χ0n) is 15.1. The summed E-state index contributed by atoms with van der Waals surface area (Å²) in [6.07, 6.45) is 0. The fourth-order valence-electron chi connectivity index (χ4n) is 2.36. The molecule has 0 spiro atoms. The van der Waals surface area contributed by atoms with Crippen LogP contribution >= 0.6 is 0 Å². The van der Waals surface area contributed by atoms with Crippen molar-refractivity contribution in [2.24, 2.45) is 0 Å². The van der Waals surface area contributed by atoms with Crippen molar-refractivity contribution in [3.8, 4) is 5.75 Å². The molecule has 0 unspecified atom stereocenters. The number of carbonyl (C=O) groups excluding carboxylic acids is 2. The number of nitro groups is 1. The van der Waals surface area contributed by atoms with Gasteiger partial charge < -0.3 is 19.2 Å².